The molecule has 4 heteroatoms. The van der Waals surface area contributed by atoms with E-state index in [4.69, 9.17) is 4.98 Å². The zero-order chi connectivity index (χ0) is 34.7. The van der Waals surface area contributed by atoms with Crippen LogP contribution in [0.25, 0.3) is 88.5 Å². The Labute approximate surface area is 301 Å². The summed E-state index contributed by atoms with van der Waals surface area (Å²) in [7, 11) is 0. The molecule has 0 unspecified atom stereocenters. The fraction of sp³-hybridized carbons (Fsp3) is 0.104. The number of fused-ring (bicyclic) bond motifs is 13. The minimum Gasteiger partial charge on any atom is -0.324 e. The van der Waals surface area contributed by atoms with Gasteiger partial charge in [-0.2, -0.15) is 0 Å². The van der Waals surface area contributed by atoms with Crippen LogP contribution in [0.4, 0.5) is 0 Å². The van der Waals surface area contributed by atoms with Gasteiger partial charge in [-0.3, -0.25) is 0 Å². The molecule has 11 rings (SSSR count). The van der Waals surface area contributed by atoms with E-state index in [1.54, 1.807) is 0 Å². The van der Waals surface area contributed by atoms with Gasteiger partial charge < -0.3 is 13.7 Å². The normalized spacial score (nSPS) is 13.5. The molecule has 0 saturated heterocycles. The van der Waals surface area contributed by atoms with Crippen molar-refractivity contribution in [2.75, 3.05) is 0 Å². The number of nitrogens with zero attached hydrogens (tertiary/aromatic N) is 4. The molecule has 52 heavy (non-hydrogen) atoms. The van der Waals surface area contributed by atoms with E-state index in [0.717, 1.165) is 29.1 Å². The first-order valence-corrected chi connectivity index (χ1v) is 18.3. The Balaban J connectivity index is 1.31. The maximum absolute atomic E-state index is 5.08. The summed E-state index contributed by atoms with van der Waals surface area (Å²) in [6, 6.07) is 55.4. The van der Waals surface area contributed by atoms with Crippen LogP contribution in [0.5, 0.6) is 0 Å². The van der Waals surface area contributed by atoms with Crippen molar-refractivity contribution in [2.45, 2.75) is 32.7 Å². The van der Waals surface area contributed by atoms with Gasteiger partial charge in [0.25, 0.3) is 0 Å². The predicted octanol–water partition coefficient (Wildman–Crippen LogP) is 12.2. The Kier molecular flexibility index (Phi) is 5.96. The highest BCUT2D eigenvalue weighted by Gasteiger charge is 2.41. The Hall–Kier alpha value is -6.39. The van der Waals surface area contributed by atoms with Crippen LogP contribution in [-0.4, -0.2) is 18.7 Å². The minimum absolute atomic E-state index is 0.214. The smallest absolute Gasteiger partial charge is 0.141 e. The number of aryl methyl sites for hydroxylation is 1. The number of benzene rings is 7. The number of imidazole rings is 1. The topological polar surface area (TPSA) is 27.7 Å². The summed E-state index contributed by atoms with van der Waals surface area (Å²) < 4.78 is 7.36. The average molecular weight is 669 g/mol. The fourth-order valence-electron chi connectivity index (χ4n) is 9.45. The van der Waals surface area contributed by atoms with Crippen molar-refractivity contribution < 1.29 is 0 Å². The summed E-state index contributed by atoms with van der Waals surface area (Å²) in [5.41, 5.74) is 15.8. The number of para-hydroxylation sites is 5. The molecule has 0 spiro atoms. The van der Waals surface area contributed by atoms with Gasteiger partial charge in [0.2, 0.25) is 0 Å². The van der Waals surface area contributed by atoms with Gasteiger partial charge in [-0.05, 0) is 84.3 Å². The molecular weight excluding hydrogens is 633 g/mol. The zero-order valence-electron chi connectivity index (χ0n) is 29.4. The molecule has 0 bridgehead atoms. The first-order chi connectivity index (χ1) is 25.6. The molecule has 3 aromatic heterocycles. The summed E-state index contributed by atoms with van der Waals surface area (Å²) in [6.45, 7) is 7.88. The molecule has 0 amide bonds. The Morgan fingerprint density at radius 2 is 1.12 bits per heavy atom. The maximum atomic E-state index is 5.08. The minimum atomic E-state index is -0.214. The van der Waals surface area contributed by atoms with Crippen molar-refractivity contribution >= 4 is 54.6 Å². The van der Waals surface area contributed by atoms with Crippen molar-refractivity contribution in [1.82, 2.24) is 18.7 Å². The third kappa shape index (κ3) is 3.73. The monoisotopic (exact) mass is 668 g/mol. The van der Waals surface area contributed by atoms with Crippen molar-refractivity contribution in [2.24, 2.45) is 0 Å². The van der Waals surface area contributed by atoms with Gasteiger partial charge in [-0.25, -0.2) is 4.98 Å². The Morgan fingerprint density at radius 1 is 0.538 bits per heavy atom. The van der Waals surface area contributed by atoms with Crippen molar-refractivity contribution in [1.29, 1.82) is 0 Å². The largest absolute Gasteiger partial charge is 0.324 e. The molecule has 10 aromatic rings. The molecular formula is C48H36N4. The van der Waals surface area contributed by atoms with Crippen LogP contribution >= 0.6 is 0 Å². The first kappa shape index (κ1) is 29.4. The van der Waals surface area contributed by atoms with Crippen molar-refractivity contribution in [3.63, 3.8) is 0 Å². The van der Waals surface area contributed by atoms with E-state index in [-0.39, 0.29) is 5.41 Å². The quantitative estimate of drug-likeness (QED) is 0.183. The molecule has 0 saturated carbocycles. The van der Waals surface area contributed by atoms with E-state index in [1.165, 1.54) is 77.1 Å². The Bertz CT molecular complexity index is 3060. The van der Waals surface area contributed by atoms with Crippen LogP contribution in [0.2, 0.25) is 0 Å². The first-order valence-electron chi connectivity index (χ1n) is 18.3. The zero-order valence-corrected chi connectivity index (χ0v) is 29.4. The molecule has 4 nitrogen and oxygen atoms in total. The van der Waals surface area contributed by atoms with Crippen LogP contribution in [-0.2, 0) is 12.0 Å². The molecule has 0 aliphatic heterocycles. The van der Waals surface area contributed by atoms with E-state index in [1.807, 2.05) is 0 Å². The van der Waals surface area contributed by atoms with Crippen molar-refractivity contribution in [3.8, 4) is 33.9 Å². The SMILES string of the molecule is CCn1c(-c2ccc(-n3c4ccccc4c4c3c3c(c5c6ccccc6n(-c6ccccc6)c54)C(C)(C)c4ccccc4-3)cc2)nc2ccccc21. The molecule has 7 aromatic carbocycles. The third-order valence-electron chi connectivity index (χ3n) is 11.6. The second kappa shape index (κ2) is 10.6. The number of aromatic nitrogens is 4. The van der Waals surface area contributed by atoms with Gasteiger partial charge in [0.1, 0.15) is 5.82 Å². The molecule has 3 heterocycles. The van der Waals surface area contributed by atoms with Crippen LogP contribution in [0.1, 0.15) is 31.9 Å². The summed E-state index contributed by atoms with van der Waals surface area (Å²) in [4.78, 5) is 5.08. The second-order valence-electron chi connectivity index (χ2n) is 14.6. The fourth-order valence-corrected chi connectivity index (χ4v) is 9.45. The van der Waals surface area contributed by atoms with Gasteiger partial charge in [0, 0.05) is 56.0 Å². The van der Waals surface area contributed by atoms with E-state index >= 15 is 0 Å². The summed E-state index contributed by atoms with van der Waals surface area (Å²) in [6.07, 6.45) is 0. The van der Waals surface area contributed by atoms with Gasteiger partial charge in [0.15, 0.2) is 0 Å². The van der Waals surface area contributed by atoms with Crippen LogP contribution in [0.15, 0.2) is 152 Å². The van der Waals surface area contributed by atoms with Crippen LogP contribution in [0, 0.1) is 0 Å². The molecule has 1 aliphatic rings. The van der Waals surface area contributed by atoms with Crippen molar-refractivity contribution in [3.05, 3.63) is 163 Å². The van der Waals surface area contributed by atoms with Crippen LogP contribution in [0.3, 0.4) is 0 Å². The highest BCUT2D eigenvalue weighted by atomic mass is 15.1. The lowest BCUT2D eigenvalue weighted by atomic mass is 9.80. The number of hydrogen-bond donors (Lipinski definition) is 0. The van der Waals surface area contributed by atoms with E-state index < -0.39 is 0 Å². The van der Waals surface area contributed by atoms with E-state index in [9.17, 15) is 0 Å². The standard InChI is InChI=1S/C48H36N4/c1-4-50-40-25-15-12-22-37(40)49-47(50)30-26-28-32(29-27-30)52-39-24-14-10-20-35(39)43-45(52)41-33-18-8-11-21-36(33)48(2,3)44(41)42-34-19-9-13-23-38(34)51(46(42)43)31-16-6-5-7-17-31/h5-29H,4H2,1-3H3. The lowest BCUT2D eigenvalue weighted by molar-refractivity contribution is 0.667. The molecule has 0 N–H and O–H groups in total. The van der Waals surface area contributed by atoms with Gasteiger partial charge >= 0.3 is 0 Å². The molecule has 0 fully saturated rings. The average Bonchev–Trinajstić information content (AvgIpc) is 3.90. The van der Waals surface area contributed by atoms with Crippen LogP contribution < -0.4 is 0 Å². The second-order valence-corrected chi connectivity index (χ2v) is 14.6. The lowest BCUT2D eigenvalue weighted by Crippen LogP contribution is -2.15. The summed E-state index contributed by atoms with van der Waals surface area (Å²) >= 11 is 0. The highest BCUT2D eigenvalue weighted by Crippen LogP contribution is 2.58. The molecule has 248 valence electrons. The van der Waals surface area contributed by atoms with Gasteiger partial charge in [-0.15, -0.1) is 0 Å². The number of rotatable bonds is 4. The summed E-state index contributed by atoms with van der Waals surface area (Å²) in [5, 5.41) is 5.18. The van der Waals surface area contributed by atoms with E-state index in [2.05, 4.69) is 186 Å². The molecule has 0 atom stereocenters. The summed E-state index contributed by atoms with van der Waals surface area (Å²) in [5.74, 6) is 1.00. The Morgan fingerprint density at radius 3 is 1.85 bits per heavy atom. The maximum Gasteiger partial charge on any atom is 0.141 e. The number of hydrogen-bond acceptors (Lipinski definition) is 1. The third-order valence-corrected chi connectivity index (χ3v) is 11.6. The van der Waals surface area contributed by atoms with Gasteiger partial charge in [-0.1, -0.05) is 105 Å². The lowest BCUT2D eigenvalue weighted by Gasteiger charge is -2.23. The molecule has 1 aliphatic carbocycles. The predicted molar refractivity (Wildman–Crippen MR) is 217 cm³/mol. The highest BCUT2D eigenvalue weighted by molar-refractivity contribution is 6.31. The van der Waals surface area contributed by atoms with Gasteiger partial charge in [0.05, 0.1) is 33.1 Å². The molecule has 0 radical (unpaired) electrons. The van der Waals surface area contributed by atoms with E-state index in [0.29, 0.717) is 0 Å².